The Morgan fingerprint density at radius 1 is 0.939 bits per heavy atom. The van der Waals surface area contributed by atoms with Gasteiger partial charge in [0.2, 0.25) is 5.91 Å². The Labute approximate surface area is 292 Å². The summed E-state index contributed by atoms with van der Waals surface area (Å²) in [5.74, 6) is -0.204. The summed E-state index contributed by atoms with van der Waals surface area (Å²) in [6.07, 6.45) is 1.07. The first-order chi connectivity index (χ1) is 23.5. The second kappa shape index (κ2) is 13.8. The van der Waals surface area contributed by atoms with Crippen LogP contribution in [0.2, 0.25) is 5.02 Å². The second-order valence-electron chi connectivity index (χ2n) is 12.5. The van der Waals surface area contributed by atoms with Crippen molar-refractivity contribution < 1.29 is 37.0 Å². The molecule has 2 atom stereocenters. The lowest BCUT2D eigenvalue weighted by Crippen LogP contribution is -2.59. The number of rotatable bonds is 10. The Morgan fingerprint density at radius 3 is 2.35 bits per heavy atom. The summed E-state index contributed by atoms with van der Waals surface area (Å²) in [6, 6.07) is 13.9. The molecule has 0 aliphatic carbocycles. The summed E-state index contributed by atoms with van der Waals surface area (Å²) in [5.41, 5.74) is 0.00702. The smallest absolute Gasteiger partial charge is 0.274 e. The van der Waals surface area contributed by atoms with Crippen LogP contribution in [0.25, 0.3) is 0 Å². The van der Waals surface area contributed by atoms with Crippen molar-refractivity contribution in [1.82, 2.24) is 14.7 Å². The molecule has 1 unspecified atom stereocenters. The Balaban J connectivity index is 1.60. The highest BCUT2D eigenvalue weighted by molar-refractivity contribution is 7.93. The van der Waals surface area contributed by atoms with Gasteiger partial charge in [-0.25, -0.2) is 12.7 Å². The van der Waals surface area contributed by atoms with Crippen LogP contribution >= 0.6 is 11.6 Å². The zero-order valence-corrected chi connectivity index (χ0v) is 29.8. The van der Waals surface area contributed by atoms with Crippen molar-refractivity contribution in [3.8, 4) is 17.2 Å². The Hall–Kier alpha value is -3.88. The summed E-state index contributed by atoms with van der Waals surface area (Å²) in [7, 11) is 3.05. The molecule has 49 heavy (non-hydrogen) atoms. The monoisotopic (exact) mass is 712 g/mol. The van der Waals surface area contributed by atoms with Crippen LogP contribution in [-0.2, 0) is 36.4 Å². The molecule has 3 aromatic rings. The second-order valence-corrected chi connectivity index (χ2v) is 14.7. The fourth-order valence-electron chi connectivity index (χ4n) is 7.24. The number of sulfonamides is 1. The van der Waals surface area contributed by atoms with E-state index in [0.717, 1.165) is 23.0 Å². The maximum absolute atomic E-state index is 15.5. The minimum atomic E-state index is -4.61. The molecule has 0 aromatic heterocycles. The van der Waals surface area contributed by atoms with Gasteiger partial charge < -0.3 is 23.8 Å². The quantitative estimate of drug-likeness (QED) is 0.308. The molecule has 0 radical (unpaired) electrons. The summed E-state index contributed by atoms with van der Waals surface area (Å²) >= 11 is 6.66. The molecule has 262 valence electrons. The van der Waals surface area contributed by atoms with Gasteiger partial charge >= 0.3 is 0 Å². The minimum Gasteiger partial charge on any atom is -0.497 e. The number of methoxy groups -OCH3 is 3. The van der Waals surface area contributed by atoms with Crippen LogP contribution in [0, 0.1) is 0 Å². The molecule has 14 heteroatoms. The van der Waals surface area contributed by atoms with E-state index in [1.54, 1.807) is 26.2 Å². The van der Waals surface area contributed by atoms with Crippen molar-refractivity contribution >= 4 is 39.1 Å². The van der Waals surface area contributed by atoms with Gasteiger partial charge in [-0.2, -0.15) is 0 Å². The number of carbonyl (C=O) groups is 2. The van der Waals surface area contributed by atoms with Gasteiger partial charge in [0.05, 0.1) is 46.3 Å². The lowest BCUT2D eigenvalue weighted by molar-refractivity contribution is -0.138. The van der Waals surface area contributed by atoms with Crippen molar-refractivity contribution in [2.24, 2.45) is 0 Å². The van der Waals surface area contributed by atoms with E-state index in [0.29, 0.717) is 66.8 Å². The van der Waals surface area contributed by atoms with E-state index in [4.69, 9.17) is 30.5 Å². The lowest BCUT2D eigenvalue weighted by atomic mass is 9.80. The number of hydrogen-bond donors (Lipinski definition) is 0. The SMILES string of the molecule is COc1ccc(S(=O)(=O)N2C(=O)[C@](c3ccc(CN4CCOCC4)cc3OC)(N3CCCC3C(=O)N(C)C)c3cc(Cl)ccc32)c(OC)c1. The van der Waals surface area contributed by atoms with E-state index in [9.17, 15) is 13.2 Å². The first kappa shape index (κ1) is 35.0. The number of likely N-dealkylation sites (N-methyl/N-ethyl adjacent to an activating group) is 1. The van der Waals surface area contributed by atoms with Gasteiger partial charge in [-0.1, -0.05) is 23.7 Å². The molecule has 3 aliphatic heterocycles. The number of fused-ring (bicyclic) bond motifs is 1. The van der Waals surface area contributed by atoms with E-state index in [1.165, 1.54) is 50.5 Å². The maximum Gasteiger partial charge on any atom is 0.274 e. The van der Waals surface area contributed by atoms with Crippen LogP contribution < -0.4 is 18.5 Å². The molecule has 2 fully saturated rings. The molecule has 0 bridgehead atoms. The number of carbonyl (C=O) groups excluding carboxylic acids is 2. The number of halogens is 1. The average molecular weight is 713 g/mol. The topological polar surface area (TPSA) is 118 Å². The van der Waals surface area contributed by atoms with Crippen molar-refractivity contribution in [1.29, 1.82) is 0 Å². The highest BCUT2D eigenvalue weighted by atomic mass is 35.5. The Kier molecular flexibility index (Phi) is 9.84. The maximum atomic E-state index is 15.5. The van der Waals surface area contributed by atoms with Crippen LogP contribution in [0.5, 0.6) is 17.2 Å². The van der Waals surface area contributed by atoms with E-state index in [-0.39, 0.29) is 22.2 Å². The fourth-order valence-corrected chi connectivity index (χ4v) is 9.01. The first-order valence-electron chi connectivity index (χ1n) is 16.1. The number of morpholine rings is 1. The fraction of sp³-hybridized carbons (Fsp3) is 0.429. The molecule has 3 aliphatic rings. The number of nitrogens with zero attached hydrogens (tertiary/aromatic N) is 4. The number of hydrogen-bond acceptors (Lipinski definition) is 10. The molecular weight excluding hydrogens is 672 g/mol. The molecule has 12 nitrogen and oxygen atoms in total. The van der Waals surface area contributed by atoms with E-state index in [1.807, 2.05) is 23.1 Å². The number of amides is 2. The largest absolute Gasteiger partial charge is 0.497 e. The van der Waals surface area contributed by atoms with Gasteiger partial charge in [-0.05, 0) is 54.8 Å². The molecular formula is C35H41ClN4O8S. The predicted molar refractivity (Wildman–Crippen MR) is 184 cm³/mol. The highest BCUT2D eigenvalue weighted by Gasteiger charge is 2.63. The molecule has 0 spiro atoms. The zero-order valence-electron chi connectivity index (χ0n) is 28.3. The van der Waals surface area contributed by atoms with Gasteiger partial charge in [-0.15, -0.1) is 0 Å². The van der Waals surface area contributed by atoms with Crippen molar-refractivity contribution in [3.63, 3.8) is 0 Å². The van der Waals surface area contributed by atoms with Crippen molar-refractivity contribution in [2.45, 2.75) is 35.9 Å². The third-order valence-electron chi connectivity index (χ3n) is 9.53. The summed E-state index contributed by atoms with van der Waals surface area (Å²) in [6.45, 7) is 3.81. The van der Waals surface area contributed by atoms with Gasteiger partial charge in [0, 0.05) is 62.5 Å². The van der Waals surface area contributed by atoms with E-state index < -0.39 is 27.5 Å². The normalized spacial score (nSPS) is 21.5. The molecule has 0 saturated carbocycles. The predicted octanol–water partition coefficient (Wildman–Crippen LogP) is 3.73. The van der Waals surface area contributed by atoms with Crippen LogP contribution in [0.1, 0.15) is 29.5 Å². The lowest BCUT2D eigenvalue weighted by Gasteiger charge is -2.42. The van der Waals surface area contributed by atoms with Crippen LogP contribution in [0.3, 0.4) is 0 Å². The minimum absolute atomic E-state index is 0.00652. The van der Waals surface area contributed by atoms with Gasteiger partial charge in [-0.3, -0.25) is 19.4 Å². The van der Waals surface area contributed by atoms with Crippen LogP contribution in [0.15, 0.2) is 59.5 Å². The molecule has 2 saturated heterocycles. The molecule has 2 amide bonds. The van der Waals surface area contributed by atoms with E-state index >= 15 is 4.79 Å². The van der Waals surface area contributed by atoms with E-state index in [2.05, 4.69) is 4.90 Å². The molecule has 6 rings (SSSR count). The Bertz CT molecular complexity index is 1870. The molecule has 0 N–H and O–H groups in total. The van der Waals surface area contributed by atoms with Gasteiger partial charge in [0.1, 0.15) is 22.1 Å². The van der Waals surface area contributed by atoms with Crippen molar-refractivity contribution in [2.75, 3.05) is 72.6 Å². The van der Waals surface area contributed by atoms with Gasteiger partial charge in [0.25, 0.3) is 15.9 Å². The summed E-state index contributed by atoms with van der Waals surface area (Å²) in [4.78, 5) is 34.7. The summed E-state index contributed by atoms with van der Waals surface area (Å²) in [5, 5.41) is 0.301. The van der Waals surface area contributed by atoms with Gasteiger partial charge in [0.15, 0.2) is 5.54 Å². The highest BCUT2D eigenvalue weighted by Crippen LogP contribution is 2.55. The number of anilines is 1. The number of likely N-dealkylation sites (tertiary alicyclic amines) is 1. The summed E-state index contributed by atoms with van der Waals surface area (Å²) < 4.78 is 52.7. The molecule has 3 heterocycles. The standard InChI is InChI=1S/C35H41ClN4O8S/c1-37(2)33(41)29-7-6-14-39(29)35(26-11-8-23(19-30(26)46-4)22-38-15-17-48-18-16-38)27-20-24(36)9-12-28(27)40(34(35)42)49(43,44)32-13-10-25(45-3)21-31(32)47-5/h8-13,19-21,29H,6-7,14-18,22H2,1-5H3/t29?,35-/m1/s1. The Morgan fingerprint density at radius 2 is 1.67 bits per heavy atom. The number of benzene rings is 3. The molecule has 3 aromatic carbocycles. The third-order valence-corrected chi connectivity index (χ3v) is 11.5. The first-order valence-corrected chi connectivity index (χ1v) is 17.9. The average Bonchev–Trinajstić information content (AvgIpc) is 3.69. The van der Waals surface area contributed by atoms with Crippen molar-refractivity contribution in [3.05, 3.63) is 76.3 Å². The van der Waals surface area contributed by atoms with Crippen LogP contribution in [0.4, 0.5) is 5.69 Å². The zero-order chi connectivity index (χ0) is 35.1. The third kappa shape index (κ3) is 5.91. The van der Waals surface area contributed by atoms with Crippen LogP contribution in [-0.4, -0.2) is 109 Å². The number of ether oxygens (including phenoxy) is 4.